The maximum absolute atomic E-state index is 6.01. The van der Waals surface area contributed by atoms with E-state index >= 15 is 0 Å². The van der Waals surface area contributed by atoms with Crippen molar-refractivity contribution in [3.05, 3.63) is 12.7 Å². The van der Waals surface area contributed by atoms with Crippen molar-refractivity contribution in [1.29, 1.82) is 0 Å². The summed E-state index contributed by atoms with van der Waals surface area (Å²) in [6.45, 7) is 4.10. The molecule has 4 atom stereocenters. The summed E-state index contributed by atoms with van der Waals surface area (Å²) >= 11 is 0. The summed E-state index contributed by atoms with van der Waals surface area (Å²) in [4.78, 5) is 12.5. The third-order valence-corrected chi connectivity index (χ3v) is 4.02. The van der Waals surface area contributed by atoms with Gasteiger partial charge >= 0.3 is 0 Å². The van der Waals surface area contributed by atoms with Crippen LogP contribution in [0.25, 0.3) is 11.2 Å². The molecular formula is C13H18N6O3. The van der Waals surface area contributed by atoms with Crippen LogP contribution in [0.1, 0.15) is 20.1 Å². The zero-order valence-corrected chi connectivity index (χ0v) is 12.3. The molecule has 0 bridgehead atoms. The van der Waals surface area contributed by atoms with Crippen molar-refractivity contribution in [1.82, 2.24) is 19.5 Å². The maximum atomic E-state index is 6.01. The Labute approximate surface area is 126 Å². The number of ether oxygens (including phenoxy) is 3. The standard InChI is InChI=1S/C13H18N6O3/c1-13(2)21-8-6(3-14)20-12(9(8)22-13)19-5-18-7-10(15)16-4-17-11(7)19/h4-6,8-9,12H,3,14H2,1-2H3,(H2,15,16,17)/t6-,8-,9-,12-/m0/s1. The van der Waals surface area contributed by atoms with Crippen LogP contribution >= 0.6 is 0 Å². The summed E-state index contributed by atoms with van der Waals surface area (Å²) in [6, 6.07) is 0. The van der Waals surface area contributed by atoms with Gasteiger partial charge in [-0.05, 0) is 13.8 Å². The predicted molar refractivity (Wildman–Crippen MR) is 76.5 cm³/mol. The first-order valence-corrected chi connectivity index (χ1v) is 7.14. The van der Waals surface area contributed by atoms with E-state index in [1.54, 1.807) is 10.9 Å². The first kappa shape index (κ1) is 13.8. The molecule has 0 saturated carbocycles. The lowest BCUT2D eigenvalue weighted by Crippen LogP contribution is -2.34. The molecule has 9 nitrogen and oxygen atoms in total. The SMILES string of the molecule is CC1(C)O[C@@H]2[C@H](O1)[C@@H](n1cnc3c(N)ncnc31)O[C@H]2CN. The van der Waals surface area contributed by atoms with Gasteiger partial charge in [0.15, 0.2) is 23.5 Å². The predicted octanol–water partition coefficient (Wildman–Crippen LogP) is -0.215. The fourth-order valence-corrected chi connectivity index (χ4v) is 3.13. The molecule has 2 fully saturated rings. The molecule has 22 heavy (non-hydrogen) atoms. The average Bonchev–Trinajstić information content (AvgIpc) is 3.10. The fourth-order valence-electron chi connectivity index (χ4n) is 3.13. The molecule has 9 heteroatoms. The smallest absolute Gasteiger partial charge is 0.167 e. The average molecular weight is 306 g/mol. The Morgan fingerprint density at radius 1 is 1.23 bits per heavy atom. The third kappa shape index (κ3) is 1.90. The summed E-state index contributed by atoms with van der Waals surface area (Å²) in [7, 11) is 0. The van der Waals surface area contributed by atoms with Crippen molar-refractivity contribution < 1.29 is 14.2 Å². The fraction of sp³-hybridized carbons (Fsp3) is 0.615. The summed E-state index contributed by atoms with van der Waals surface area (Å²) < 4.78 is 19.7. The number of hydrogen-bond acceptors (Lipinski definition) is 8. The quantitative estimate of drug-likeness (QED) is 0.781. The van der Waals surface area contributed by atoms with Gasteiger partial charge in [-0.2, -0.15) is 0 Å². The molecule has 0 unspecified atom stereocenters. The number of anilines is 1. The van der Waals surface area contributed by atoms with Crippen molar-refractivity contribution in [2.75, 3.05) is 12.3 Å². The van der Waals surface area contributed by atoms with E-state index in [-0.39, 0.29) is 18.3 Å². The second kappa shape index (κ2) is 4.59. The normalized spacial score (nSPS) is 33.4. The van der Waals surface area contributed by atoms with E-state index in [0.29, 0.717) is 23.5 Å². The van der Waals surface area contributed by atoms with Crippen LogP contribution in [-0.2, 0) is 14.2 Å². The highest BCUT2D eigenvalue weighted by Crippen LogP contribution is 2.43. The minimum absolute atomic E-state index is 0.221. The molecule has 2 aliphatic rings. The Bertz CT molecular complexity index is 717. The molecule has 0 aromatic carbocycles. The maximum Gasteiger partial charge on any atom is 0.167 e. The molecule has 4 heterocycles. The van der Waals surface area contributed by atoms with Crippen LogP contribution in [0.4, 0.5) is 5.82 Å². The Morgan fingerprint density at radius 3 is 2.77 bits per heavy atom. The van der Waals surface area contributed by atoms with E-state index in [1.165, 1.54) is 6.33 Å². The lowest BCUT2D eigenvalue weighted by molar-refractivity contribution is -0.195. The number of hydrogen-bond donors (Lipinski definition) is 2. The Morgan fingerprint density at radius 2 is 2.00 bits per heavy atom. The third-order valence-electron chi connectivity index (χ3n) is 4.02. The van der Waals surface area contributed by atoms with Gasteiger partial charge in [0.2, 0.25) is 0 Å². The number of aromatic nitrogens is 4. The van der Waals surface area contributed by atoms with Gasteiger partial charge in [-0.3, -0.25) is 4.57 Å². The molecular weight excluding hydrogens is 288 g/mol. The minimum Gasteiger partial charge on any atom is -0.382 e. The highest BCUT2D eigenvalue weighted by Gasteiger charge is 2.55. The van der Waals surface area contributed by atoms with E-state index in [2.05, 4.69) is 15.0 Å². The van der Waals surface area contributed by atoms with E-state index in [4.69, 9.17) is 25.7 Å². The molecule has 0 aliphatic carbocycles. The molecule has 0 amide bonds. The van der Waals surface area contributed by atoms with Gasteiger partial charge in [0, 0.05) is 6.54 Å². The van der Waals surface area contributed by atoms with Crippen molar-refractivity contribution in [3.63, 3.8) is 0 Å². The van der Waals surface area contributed by atoms with E-state index < -0.39 is 12.0 Å². The number of fused-ring (bicyclic) bond motifs is 2. The Balaban J connectivity index is 1.77. The summed E-state index contributed by atoms with van der Waals surface area (Å²) in [5, 5.41) is 0. The van der Waals surface area contributed by atoms with Crippen LogP contribution in [0.5, 0.6) is 0 Å². The van der Waals surface area contributed by atoms with Crippen LogP contribution in [-0.4, -0.2) is 50.2 Å². The van der Waals surface area contributed by atoms with Crippen molar-refractivity contribution in [2.45, 2.75) is 44.2 Å². The highest BCUT2D eigenvalue weighted by molar-refractivity contribution is 5.81. The zero-order valence-electron chi connectivity index (χ0n) is 12.3. The molecule has 2 aromatic rings. The van der Waals surface area contributed by atoms with E-state index in [0.717, 1.165) is 0 Å². The van der Waals surface area contributed by atoms with Crippen molar-refractivity contribution in [2.24, 2.45) is 5.73 Å². The molecule has 0 spiro atoms. The topological polar surface area (TPSA) is 123 Å². The number of rotatable bonds is 2. The van der Waals surface area contributed by atoms with E-state index in [1.807, 2.05) is 13.8 Å². The van der Waals surface area contributed by atoms with Gasteiger partial charge in [0.25, 0.3) is 0 Å². The number of nitrogens with zero attached hydrogens (tertiary/aromatic N) is 4. The van der Waals surface area contributed by atoms with Crippen molar-refractivity contribution in [3.8, 4) is 0 Å². The second-order valence-corrected chi connectivity index (χ2v) is 5.95. The summed E-state index contributed by atoms with van der Waals surface area (Å²) in [5.41, 5.74) is 12.8. The summed E-state index contributed by atoms with van der Waals surface area (Å²) in [6.07, 6.45) is 1.87. The molecule has 4 rings (SSSR count). The van der Waals surface area contributed by atoms with Gasteiger partial charge < -0.3 is 25.7 Å². The van der Waals surface area contributed by atoms with Gasteiger partial charge in [-0.15, -0.1) is 0 Å². The number of nitrogens with two attached hydrogens (primary N) is 2. The molecule has 0 radical (unpaired) electrons. The van der Waals surface area contributed by atoms with Crippen molar-refractivity contribution >= 4 is 17.0 Å². The molecule has 4 N–H and O–H groups in total. The molecule has 118 valence electrons. The Hall–Kier alpha value is -1.81. The highest BCUT2D eigenvalue weighted by atomic mass is 16.8. The first-order chi connectivity index (χ1) is 10.5. The largest absolute Gasteiger partial charge is 0.382 e. The lowest BCUT2D eigenvalue weighted by Gasteiger charge is -2.24. The monoisotopic (exact) mass is 306 g/mol. The number of imidazole rings is 1. The molecule has 2 aromatic heterocycles. The van der Waals surface area contributed by atoms with Crippen LogP contribution in [0, 0.1) is 0 Å². The van der Waals surface area contributed by atoms with E-state index in [9.17, 15) is 0 Å². The molecule has 2 aliphatic heterocycles. The number of nitrogen functional groups attached to an aromatic ring is 1. The van der Waals surface area contributed by atoms with Gasteiger partial charge in [0.05, 0.1) is 6.33 Å². The Kier molecular flexibility index (Phi) is 2.89. The second-order valence-electron chi connectivity index (χ2n) is 5.95. The van der Waals surface area contributed by atoms with Gasteiger partial charge in [0.1, 0.15) is 30.2 Å². The van der Waals surface area contributed by atoms with Crippen LogP contribution in [0.15, 0.2) is 12.7 Å². The zero-order chi connectivity index (χ0) is 15.5. The van der Waals surface area contributed by atoms with Gasteiger partial charge in [-0.25, -0.2) is 15.0 Å². The van der Waals surface area contributed by atoms with Gasteiger partial charge in [-0.1, -0.05) is 0 Å². The van der Waals surface area contributed by atoms with Crippen LogP contribution in [0.3, 0.4) is 0 Å². The summed E-state index contributed by atoms with van der Waals surface area (Å²) in [5.74, 6) is -0.340. The minimum atomic E-state index is -0.671. The van der Waals surface area contributed by atoms with Crippen LogP contribution in [0.2, 0.25) is 0 Å². The lowest BCUT2D eigenvalue weighted by atomic mass is 10.1. The first-order valence-electron chi connectivity index (χ1n) is 7.14. The van der Waals surface area contributed by atoms with Crippen LogP contribution < -0.4 is 11.5 Å². The molecule has 2 saturated heterocycles.